The van der Waals surface area contributed by atoms with E-state index in [9.17, 15) is 9.59 Å². The Morgan fingerprint density at radius 1 is 1.07 bits per heavy atom. The van der Waals surface area contributed by atoms with Gasteiger partial charge in [-0.3, -0.25) is 9.59 Å². The number of nitrogens with zero attached hydrogens (tertiary/aromatic N) is 2. The van der Waals surface area contributed by atoms with Crippen LogP contribution in [0.15, 0.2) is 53.6 Å². The molecule has 0 saturated carbocycles. The third kappa shape index (κ3) is 6.47. The van der Waals surface area contributed by atoms with Crippen LogP contribution in [0.25, 0.3) is 0 Å². The number of hydrogen-bond acceptors (Lipinski definition) is 5. The molecule has 0 aromatic heterocycles. The van der Waals surface area contributed by atoms with Crippen molar-refractivity contribution in [1.82, 2.24) is 10.7 Å². The van der Waals surface area contributed by atoms with E-state index >= 15 is 0 Å². The van der Waals surface area contributed by atoms with Gasteiger partial charge in [0.05, 0.1) is 13.3 Å². The molecule has 27 heavy (non-hydrogen) atoms. The minimum Gasteiger partial charge on any atom is -0.497 e. The number of methoxy groups -OCH3 is 1. The van der Waals surface area contributed by atoms with Gasteiger partial charge >= 0.3 is 0 Å². The quantitative estimate of drug-likeness (QED) is 0.552. The van der Waals surface area contributed by atoms with Crippen molar-refractivity contribution in [3.63, 3.8) is 0 Å². The van der Waals surface area contributed by atoms with Gasteiger partial charge in [0.25, 0.3) is 5.91 Å². The van der Waals surface area contributed by atoms with Crippen molar-refractivity contribution in [2.75, 3.05) is 32.6 Å². The molecule has 0 unspecified atom stereocenters. The van der Waals surface area contributed by atoms with Gasteiger partial charge in [-0.25, -0.2) is 5.43 Å². The van der Waals surface area contributed by atoms with Crippen LogP contribution in [0.2, 0.25) is 0 Å². The predicted octanol–water partition coefficient (Wildman–Crippen LogP) is 2.03. The topological polar surface area (TPSA) is 83.0 Å². The number of hydrazone groups is 1. The molecule has 0 aliphatic rings. The van der Waals surface area contributed by atoms with Crippen LogP contribution in [0.1, 0.15) is 22.3 Å². The molecule has 2 aromatic carbocycles. The average Bonchev–Trinajstić information content (AvgIpc) is 2.68. The summed E-state index contributed by atoms with van der Waals surface area (Å²) in [7, 11) is 5.50. The van der Waals surface area contributed by atoms with Crippen molar-refractivity contribution in [1.29, 1.82) is 0 Å². The first-order valence-corrected chi connectivity index (χ1v) is 8.51. The molecule has 0 bridgehead atoms. The Bertz CT molecular complexity index is 784. The van der Waals surface area contributed by atoms with E-state index in [2.05, 4.69) is 15.8 Å². The standard InChI is InChI=1S/C20H24N4O3/c1-24(2)17-8-4-15(5-9-17)14-22-23-19(25)12-13-21-20(26)16-6-10-18(27-3)11-7-16/h4-11,14H,12-13H2,1-3H3,(H,21,26)(H,23,25). The summed E-state index contributed by atoms with van der Waals surface area (Å²) >= 11 is 0. The molecule has 7 nitrogen and oxygen atoms in total. The largest absolute Gasteiger partial charge is 0.497 e. The molecule has 0 aliphatic heterocycles. The van der Waals surface area contributed by atoms with Crippen molar-refractivity contribution in [2.45, 2.75) is 6.42 Å². The van der Waals surface area contributed by atoms with Crippen molar-refractivity contribution in [2.24, 2.45) is 5.10 Å². The number of nitrogens with one attached hydrogen (secondary N) is 2. The zero-order valence-corrected chi connectivity index (χ0v) is 15.7. The van der Waals surface area contributed by atoms with Crippen LogP contribution in [0, 0.1) is 0 Å². The van der Waals surface area contributed by atoms with Crippen LogP contribution >= 0.6 is 0 Å². The normalized spacial score (nSPS) is 10.5. The van der Waals surface area contributed by atoms with Crippen molar-refractivity contribution in [3.05, 3.63) is 59.7 Å². The maximum atomic E-state index is 12.0. The lowest BCUT2D eigenvalue weighted by atomic mass is 10.2. The summed E-state index contributed by atoms with van der Waals surface area (Å²) in [4.78, 5) is 25.8. The van der Waals surface area contributed by atoms with Gasteiger partial charge in [0, 0.05) is 38.3 Å². The summed E-state index contributed by atoms with van der Waals surface area (Å²) in [6, 6.07) is 14.5. The number of carbonyl (C=O) groups excluding carboxylic acids is 2. The van der Waals surface area contributed by atoms with E-state index in [0.717, 1.165) is 11.3 Å². The fraction of sp³-hybridized carbons (Fsp3) is 0.250. The van der Waals surface area contributed by atoms with Gasteiger partial charge in [0.1, 0.15) is 5.75 Å². The summed E-state index contributed by atoms with van der Waals surface area (Å²) in [5.41, 5.74) is 4.93. The van der Waals surface area contributed by atoms with Crippen LogP contribution in [0.3, 0.4) is 0 Å². The van der Waals surface area contributed by atoms with E-state index in [1.807, 2.05) is 43.3 Å². The average molecular weight is 368 g/mol. The van der Waals surface area contributed by atoms with Gasteiger partial charge in [-0.2, -0.15) is 5.10 Å². The van der Waals surface area contributed by atoms with Gasteiger partial charge in [-0.15, -0.1) is 0 Å². The molecule has 2 N–H and O–H groups in total. The number of amides is 2. The number of ether oxygens (including phenoxy) is 1. The summed E-state index contributed by atoms with van der Waals surface area (Å²) in [5, 5.41) is 6.62. The third-order valence-corrected chi connectivity index (χ3v) is 3.80. The monoisotopic (exact) mass is 368 g/mol. The van der Waals surface area contributed by atoms with Gasteiger partial charge in [-0.05, 0) is 42.0 Å². The second-order valence-corrected chi connectivity index (χ2v) is 6.01. The fourth-order valence-electron chi connectivity index (χ4n) is 2.23. The van der Waals surface area contributed by atoms with Crippen molar-refractivity contribution < 1.29 is 14.3 Å². The Morgan fingerprint density at radius 2 is 1.74 bits per heavy atom. The highest BCUT2D eigenvalue weighted by Gasteiger charge is 2.06. The lowest BCUT2D eigenvalue weighted by molar-refractivity contribution is -0.120. The Morgan fingerprint density at radius 3 is 2.33 bits per heavy atom. The molecule has 142 valence electrons. The van der Waals surface area contributed by atoms with E-state index in [0.29, 0.717) is 11.3 Å². The molecule has 0 atom stereocenters. The van der Waals surface area contributed by atoms with Crippen LogP contribution in [0.5, 0.6) is 5.75 Å². The van der Waals surface area contributed by atoms with Crippen LogP contribution in [-0.4, -0.2) is 45.8 Å². The van der Waals surface area contributed by atoms with Crippen LogP contribution < -0.4 is 20.4 Å². The number of anilines is 1. The predicted molar refractivity (Wildman–Crippen MR) is 106 cm³/mol. The minimum absolute atomic E-state index is 0.138. The van der Waals surface area contributed by atoms with Gasteiger partial charge < -0.3 is 15.0 Å². The summed E-state index contributed by atoms with van der Waals surface area (Å²) in [6.07, 6.45) is 1.71. The molecular formula is C20H24N4O3. The molecule has 2 amide bonds. The fourth-order valence-corrected chi connectivity index (χ4v) is 2.23. The first kappa shape index (κ1) is 20.0. The van der Waals surface area contributed by atoms with Crippen LogP contribution in [0.4, 0.5) is 5.69 Å². The number of hydrogen-bond donors (Lipinski definition) is 2. The molecule has 0 aliphatic carbocycles. The van der Waals surface area contributed by atoms with E-state index in [1.165, 1.54) is 0 Å². The maximum Gasteiger partial charge on any atom is 0.251 e. The summed E-state index contributed by atoms with van der Waals surface area (Å²) in [6.45, 7) is 0.226. The lowest BCUT2D eigenvalue weighted by Crippen LogP contribution is -2.29. The second kappa shape index (κ2) is 9.96. The Balaban J connectivity index is 1.71. The minimum atomic E-state index is -0.272. The Labute approximate surface area is 159 Å². The molecule has 7 heteroatoms. The number of benzene rings is 2. The zero-order chi connectivity index (χ0) is 19.6. The first-order valence-electron chi connectivity index (χ1n) is 8.51. The molecule has 0 spiro atoms. The number of rotatable bonds is 8. The molecular weight excluding hydrogens is 344 g/mol. The first-order chi connectivity index (χ1) is 13.0. The van der Waals surface area contributed by atoms with Gasteiger partial charge in [0.2, 0.25) is 5.91 Å². The highest BCUT2D eigenvalue weighted by molar-refractivity contribution is 5.94. The molecule has 0 saturated heterocycles. The lowest BCUT2D eigenvalue weighted by Gasteiger charge is -2.11. The highest BCUT2D eigenvalue weighted by Crippen LogP contribution is 2.11. The SMILES string of the molecule is COc1ccc(C(=O)NCCC(=O)NN=Cc2ccc(N(C)C)cc2)cc1. The smallest absolute Gasteiger partial charge is 0.251 e. The van der Waals surface area contributed by atoms with Gasteiger partial charge in [0.15, 0.2) is 0 Å². The van der Waals surface area contributed by atoms with Crippen LogP contribution in [-0.2, 0) is 4.79 Å². The third-order valence-electron chi connectivity index (χ3n) is 3.80. The Hall–Kier alpha value is -3.35. The maximum absolute atomic E-state index is 12.0. The molecule has 0 radical (unpaired) electrons. The van der Waals surface area contributed by atoms with E-state index in [1.54, 1.807) is 37.6 Å². The van der Waals surface area contributed by atoms with Crippen molar-refractivity contribution >= 4 is 23.7 Å². The van der Waals surface area contributed by atoms with Gasteiger partial charge in [-0.1, -0.05) is 12.1 Å². The molecule has 2 rings (SSSR count). The number of carbonyl (C=O) groups is 2. The zero-order valence-electron chi connectivity index (χ0n) is 15.7. The molecule has 2 aromatic rings. The Kier molecular flexibility index (Phi) is 7.37. The van der Waals surface area contributed by atoms with E-state index in [4.69, 9.17) is 4.74 Å². The van der Waals surface area contributed by atoms with Crippen molar-refractivity contribution in [3.8, 4) is 5.75 Å². The van der Waals surface area contributed by atoms with E-state index < -0.39 is 0 Å². The summed E-state index contributed by atoms with van der Waals surface area (Å²) in [5.74, 6) is 0.168. The summed E-state index contributed by atoms with van der Waals surface area (Å²) < 4.78 is 5.05. The van der Waals surface area contributed by atoms with E-state index in [-0.39, 0.29) is 24.8 Å². The molecule has 0 fully saturated rings. The highest BCUT2D eigenvalue weighted by atomic mass is 16.5. The molecule has 0 heterocycles. The second-order valence-electron chi connectivity index (χ2n) is 6.01.